The average Bonchev–Trinajstić information content (AvgIpc) is 2.54. The fourth-order valence-electron chi connectivity index (χ4n) is 1.61. The summed E-state index contributed by atoms with van der Waals surface area (Å²) in [7, 11) is 0. The van der Waals surface area contributed by atoms with Gasteiger partial charge in [-0.25, -0.2) is 14.8 Å². The Morgan fingerprint density at radius 1 is 1.33 bits per heavy atom. The van der Waals surface area contributed by atoms with Gasteiger partial charge in [-0.05, 0) is 22.0 Å². The van der Waals surface area contributed by atoms with Gasteiger partial charge in [0.25, 0.3) is 11.6 Å². The minimum atomic E-state index is -0.890. The summed E-state index contributed by atoms with van der Waals surface area (Å²) in [5.41, 5.74) is 5.44. The molecule has 1 aromatic heterocycles. The number of anilines is 2. The van der Waals surface area contributed by atoms with Crippen molar-refractivity contribution in [2.45, 2.75) is 0 Å². The van der Waals surface area contributed by atoms with Crippen molar-refractivity contribution in [3.05, 3.63) is 50.9 Å². The molecule has 0 fully saturated rings. The number of hydrogen-bond acceptors (Lipinski definition) is 8. The lowest BCUT2D eigenvalue weighted by atomic mass is 10.3. The second-order valence-corrected chi connectivity index (χ2v) is 5.19. The smallest absolute Gasteiger partial charge is 0.361 e. The molecular weight excluding hydrogens is 386 g/mol. The Balaban J connectivity index is 1.95. The second-order valence-electron chi connectivity index (χ2n) is 4.34. The molecule has 124 valence electrons. The molecule has 0 saturated heterocycles. The molecule has 0 aliphatic carbocycles. The summed E-state index contributed by atoms with van der Waals surface area (Å²) in [5, 5.41) is 13.1. The predicted octanol–water partition coefficient (Wildman–Crippen LogP) is 1.52. The maximum Gasteiger partial charge on any atom is 0.361 e. The molecule has 0 radical (unpaired) electrons. The first-order valence-electron chi connectivity index (χ1n) is 6.36. The van der Waals surface area contributed by atoms with Gasteiger partial charge in [-0.15, -0.1) is 0 Å². The van der Waals surface area contributed by atoms with Crippen molar-refractivity contribution in [1.82, 2.24) is 9.97 Å². The first kappa shape index (κ1) is 17.3. The van der Waals surface area contributed by atoms with Crippen LogP contribution in [-0.2, 0) is 9.53 Å². The Bertz CT molecular complexity index is 813. The highest BCUT2D eigenvalue weighted by molar-refractivity contribution is 9.10. The third-order valence-corrected chi connectivity index (χ3v) is 3.35. The minimum Gasteiger partial charge on any atom is -0.451 e. The number of carbonyl (C=O) groups is 2. The lowest BCUT2D eigenvalue weighted by Gasteiger charge is -2.08. The summed E-state index contributed by atoms with van der Waals surface area (Å²) >= 11 is 3.11. The Morgan fingerprint density at radius 2 is 2.04 bits per heavy atom. The van der Waals surface area contributed by atoms with Gasteiger partial charge in [-0.1, -0.05) is 0 Å². The highest BCUT2D eigenvalue weighted by atomic mass is 79.9. The van der Waals surface area contributed by atoms with Crippen LogP contribution in [-0.4, -0.2) is 33.4 Å². The maximum atomic E-state index is 11.8. The minimum absolute atomic E-state index is 0.110. The van der Waals surface area contributed by atoms with E-state index >= 15 is 0 Å². The number of benzene rings is 1. The summed E-state index contributed by atoms with van der Waals surface area (Å²) in [6.45, 7) is -0.585. The number of rotatable bonds is 5. The molecule has 0 bridgehead atoms. The Kier molecular flexibility index (Phi) is 5.37. The first-order chi connectivity index (χ1) is 11.4. The number of nitro groups is 1. The number of nitrogen functional groups attached to an aromatic ring is 1. The number of nitrogens with two attached hydrogens (primary N) is 1. The second kappa shape index (κ2) is 7.46. The van der Waals surface area contributed by atoms with Gasteiger partial charge in [-0.2, -0.15) is 0 Å². The van der Waals surface area contributed by atoms with E-state index in [4.69, 9.17) is 10.5 Å². The van der Waals surface area contributed by atoms with Crippen LogP contribution in [0.25, 0.3) is 0 Å². The quantitative estimate of drug-likeness (QED) is 0.439. The molecule has 0 aliphatic heterocycles. The summed E-state index contributed by atoms with van der Waals surface area (Å²) in [4.78, 5) is 41.0. The maximum absolute atomic E-state index is 11.8. The molecule has 10 nitrogen and oxygen atoms in total. The molecular formula is C13H10BrN5O5. The van der Waals surface area contributed by atoms with Crippen LogP contribution < -0.4 is 11.1 Å². The van der Waals surface area contributed by atoms with Gasteiger partial charge >= 0.3 is 5.97 Å². The Labute approximate surface area is 143 Å². The highest BCUT2D eigenvalue weighted by Gasteiger charge is 2.16. The van der Waals surface area contributed by atoms with Crippen LogP contribution in [0.3, 0.4) is 0 Å². The number of ether oxygens (including phenoxy) is 1. The summed E-state index contributed by atoms with van der Waals surface area (Å²) in [6.07, 6.45) is 2.58. The van der Waals surface area contributed by atoms with Crippen molar-refractivity contribution in [3.8, 4) is 0 Å². The number of hydrogen-bond donors (Lipinski definition) is 2. The van der Waals surface area contributed by atoms with Crippen LogP contribution in [0, 0.1) is 10.1 Å². The Hall–Kier alpha value is -3.08. The highest BCUT2D eigenvalue weighted by Crippen LogP contribution is 2.27. The molecule has 24 heavy (non-hydrogen) atoms. The van der Waals surface area contributed by atoms with E-state index in [1.807, 2.05) is 0 Å². The summed E-state index contributed by atoms with van der Waals surface area (Å²) in [5.74, 6) is -1.64. The van der Waals surface area contributed by atoms with Crippen molar-refractivity contribution in [2.24, 2.45) is 0 Å². The van der Waals surface area contributed by atoms with Crippen molar-refractivity contribution in [3.63, 3.8) is 0 Å². The molecule has 2 aromatic rings. The number of non-ortho nitro benzene ring substituents is 1. The van der Waals surface area contributed by atoms with E-state index in [1.54, 1.807) is 0 Å². The summed E-state index contributed by atoms with van der Waals surface area (Å²) in [6, 6.07) is 3.82. The van der Waals surface area contributed by atoms with Crippen molar-refractivity contribution in [2.75, 3.05) is 17.7 Å². The van der Waals surface area contributed by atoms with Crippen LogP contribution in [0.15, 0.2) is 35.1 Å². The molecule has 1 aromatic carbocycles. The Morgan fingerprint density at radius 3 is 2.67 bits per heavy atom. The number of esters is 1. The zero-order valence-corrected chi connectivity index (χ0v) is 13.5. The van der Waals surface area contributed by atoms with Crippen LogP contribution >= 0.6 is 15.9 Å². The number of carbonyl (C=O) groups excluding carboxylic acids is 2. The standard InChI is InChI=1S/C13H10BrN5O5/c14-8-5-7(19(22)23)1-2-9(8)18-10(20)6-24-13(21)11-12(15)17-4-3-16-11/h1-5H,6H2,(H2,15,17)(H,18,20). The number of nitro benzene ring substituents is 1. The number of nitrogens with one attached hydrogen (secondary N) is 1. The van der Waals surface area contributed by atoms with Crippen LogP contribution in [0.1, 0.15) is 10.5 Å². The van der Waals surface area contributed by atoms with E-state index in [-0.39, 0.29) is 17.2 Å². The van der Waals surface area contributed by atoms with Gasteiger partial charge in [0.15, 0.2) is 18.1 Å². The van der Waals surface area contributed by atoms with E-state index in [2.05, 4.69) is 31.2 Å². The molecule has 0 saturated carbocycles. The first-order valence-corrected chi connectivity index (χ1v) is 7.15. The number of halogens is 1. The number of amides is 1. The zero-order valence-electron chi connectivity index (χ0n) is 11.9. The van der Waals surface area contributed by atoms with E-state index in [0.29, 0.717) is 10.2 Å². The van der Waals surface area contributed by atoms with Crippen molar-refractivity contribution in [1.29, 1.82) is 0 Å². The van der Waals surface area contributed by atoms with Gasteiger partial charge in [0, 0.05) is 29.0 Å². The van der Waals surface area contributed by atoms with Gasteiger partial charge in [-0.3, -0.25) is 14.9 Å². The van der Waals surface area contributed by atoms with Gasteiger partial charge in [0.1, 0.15) is 0 Å². The van der Waals surface area contributed by atoms with Gasteiger partial charge in [0.2, 0.25) is 0 Å². The molecule has 0 unspecified atom stereocenters. The normalized spacial score (nSPS) is 10.0. The molecule has 11 heteroatoms. The monoisotopic (exact) mass is 395 g/mol. The molecule has 0 aliphatic rings. The fraction of sp³-hybridized carbons (Fsp3) is 0.0769. The van der Waals surface area contributed by atoms with Crippen molar-refractivity contribution >= 4 is 45.0 Å². The van der Waals surface area contributed by atoms with Crippen molar-refractivity contribution < 1.29 is 19.2 Å². The molecule has 3 N–H and O–H groups in total. The lowest BCUT2D eigenvalue weighted by Crippen LogP contribution is -2.22. The third kappa shape index (κ3) is 4.23. The molecule has 2 rings (SSSR count). The predicted molar refractivity (Wildman–Crippen MR) is 86.2 cm³/mol. The molecule has 0 spiro atoms. The van der Waals surface area contributed by atoms with Crippen LogP contribution in [0.4, 0.5) is 17.2 Å². The van der Waals surface area contributed by atoms with E-state index < -0.39 is 23.4 Å². The average molecular weight is 396 g/mol. The molecule has 0 atom stereocenters. The number of aromatic nitrogens is 2. The third-order valence-electron chi connectivity index (χ3n) is 2.69. The van der Waals surface area contributed by atoms with Gasteiger partial charge in [0.05, 0.1) is 10.6 Å². The SMILES string of the molecule is Nc1nccnc1C(=O)OCC(=O)Nc1ccc([N+](=O)[O-])cc1Br. The summed E-state index contributed by atoms with van der Waals surface area (Å²) < 4.78 is 5.10. The lowest BCUT2D eigenvalue weighted by molar-refractivity contribution is -0.384. The molecule has 1 heterocycles. The van der Waals surface area contributed by atoms with Crippen LogP contribution in [0.5, 0.6) is 0 Å². The van der Waals surface area contributed by atoms with Crippen LogP contribution in [0.2, 0.25) is 0 Å². The fourth-order valence-corrected chi connectivity index (χ4v) is 2.08. The van der Waals surface area contributed by atoms with E-state index in [0.717, 1.165) is 0 Å². The number of nitrogens with zero attached hydrogens (tertiary/aromatic N) is 3. The zero-order chi connectivity index (χ0) is 17.7. The van der Waals surface area contributed by atoms with E-state index in [1.165, 1.54) is 30.6 Å². The topological polar surface area (TPSA) is 150 Å². The molecule has 1 amide bonds. The van der Waals surface area contributed by atoms with E-state index in [9.17, 15) is 19.7 Å². The van der Waals surface area contributed by atoms with Gasteiger partial charge < -0.3 is 15.8 Å². The largest absolute Gasteiger partial charge is 0.451 e.